The first-order valence-electron chi connectivity index (χ1n) is 9.18. The molecule has 8 heteroatoms. The van der Waals surface area contributed by atoms with E-state index in [-0.39, 0.29) is 6.61 Å². The highest BCUT2D eigenvalue weighted by atomic mass is 16.5. The zero-order chi connectivity index (χ0) is 19.9. The minimum absolute atomic E-state index is 0.00349. The van der Waals surface area contributed by atoms with E-state index in [9.17, 15) is 0 Å². The average Bonchev–Trinajstić information content (AvgIpc) is 2.78. The van der Waals surface area contributed by atoms with Gasteiger partial charge in [0.1, 0.15) is 29.7 Å². The second-order valence-electron chi connectivity index (χ2n) is 6.22. The zero-order valence-corrected chi connectivity index (χ0v) is 15.6. The lowest BCUT2D eigenvalue weighted by molar-refractivity contribution is 0.306. The van der Waals surface area contributed by atoms with E-state index < -0.39 is 0 Å². The van der Waals surface area contributed by atoms with E-state index in [1.54, 1.807) is 6.20 Å². The minimum atomic E-state index is -0.00349. The third-order valence-electron chi connectivity index (χ3n) is 4.14. The first-order chi connectivity index (χ1) is 14.3. The number of nitrogens with zero attached hydrogens (tertiary/aromatic N) is 4. The van der Waals surface area contributed by atoms with E-state index in [4.69, 9.17) is 9.84 Å². The molecule has 0 aliphatic carbocycles. The number of fused-ring (bicyclic) bond motifs is 1. The summed E-state index contributed by atoms with van der Waals surface area (Å²) in [6.07, 6.45) is 3.08. The highest BCUT2D eigenvalue weighted by molar-refractivity contribution is 5.87. The van der Waals surface area contributed by atoms with E-state index in [1.165, 1.54) is 6.33 Å². The molecule has 0 saturated heterocycles. The van der Waals surface area contributed by atoms with Crippen molar-refractivity contribution in [2.24, 2.45) is 0 Å². The van der Waals surface area contributed by atoms with E-state index in [0.717, 1.165) is 17.0 Å². The predicted molar refractivity (Wildman–Crippen MR) is 111 cm³/mol. The van der Waals surface area contributed by atoms with Crippen molar-refractivity contribution in [3.63, 3.8) is 0 Å². The number of hydrogen-bond acceptors (Lipinski definition) is 8. The van der Waals surface area contributed by atoms with Crippen LogP contribution in [-0.2, 0) is 6.61 Å². The summed E-state index contributed by atoms with van der Waals surface area (Å²) in [5, 5.41) is 15.1. The lowest BCUT2D eigenvalue weighted by atomic mass is 10.2. The fourth-order valence-corrected chi connectivity index (χ4v) is 2.71. The Morgan fingerprint density at radius 2 is 1.76 bits per heavy atom. The molecule has 146 valence electrons. The van der Waals surface area contributed by atoms with E-state index in [1.807, 2.05) is 54.6 Å². The van der Waals surface area contributed by atoms with Gasteiger partial charge in [-0.3, -0.25) is 0 Å². The molecule has 0 atom stereocenters. The first-order valence-corrected chi connectivity index (χ1v) is 9.18. The van der Waals surface area contributed by atoms with E-state index in [0.29, 0.717) is 36.0 Å². The summed E-state index contributed by atoms with van der Waals surface area (Å²) < 4.78 is 5.82. The van der Waals surface area contributed by atoms with Crippen molar-refractivity contribution in [1.82, 2.24) is 19.9 Å². The molecular formula is C21H20N6O2. The number of rotatable bonds is 8. The van der Waals surface area contributed by atoms with Gasteiger partial charge < -0.3 is 20.5 Å². The maximum Gasteiger partial charge on any atom is 0.223 e. The summed E-state index contributed by atoms with van der Waals surface area (Å²) in [4.78, 5) is 17.1. The molecule has 0 saturated carbocycles. The molecule has 2 aromatic heterocycles. The molecule has 0 fully saturated rings. The summed E-state index contributed by atoms with van der Waals surface area (Å²) >= 11 is 0. The van der Waals surface area contributed by atoms with Crippen molar-refractivity contribution in [1.29, 1.82) is 0 Å². The van der Waals surface area contributed by atoms with Gasteiger partial charge in [0.05, 0.1) is 12.8 Å². The van der Waals surface area contributed by atoms with Crippen LogP contribution < -0.4 is 15.4 Å². The summed E-state index contributed by atoms with van der Waals surface area (Å²) in [6.45, 7) is 0.883. The van der Waals surface area contributed by atoms with Crippen LogP contribution in [0, 0.1) is 0 Å². The highest BCUT2D eigenvalue weighted by Crippen LogP contribution is 2.23. The molecule has 0 spiro atoms. The Morgan fingerprint density at radius 1 is 0.931 bits per heavy atom. The number of anilines is 3. The fraction of sp³-hybridized carbons (Fsp3) is 0.143. The van der Waals surface area contributed by atoms with Crippen LogP contribution in [0.15, 0.2) is 67.1 Å². The standard InChI is InChI=1S/C21H20N6O2/c28-11-10-22-21-23-12-18-19(27-21)20(25-14-24-18)26-16-6-8-17(9-7-16)29-13-15-4-2-1-3-5-15/h1-9,12,14,28H,10-11,13H2,(H,22,23,27)(H,24,25,26). The molecule has 29 heavy (non-hydrogen) atoms. The average molecular weight is 388 g/mol. The summed E-state index contributed by atoms with van der Waals surface area (Å²) in [7, 11) is 0. The van der Waals surface area contributed by atoms with Crippen LogP contribution in [0.25, 0.3) is 11.0 Å². The van der Waals surface area contributed by atoms with Gasteiger partial charge in [-0.05, 0) is 29.8 Å². The molecule has 0 radical (unpaired) electrons. The van der Waals surface area contributed by atoms with Crippen molar-refractivity contribution in [3.05, 3.63) is 72.7 Å². The number of nitrogens with one attached hydrogen (secondary N) is 2. The Balaban J connectivity index is 1.47. The normalized spacial score (nSPS) is 10.7. The molecule has 0 aliphatic heterocycles. The van der Waals surface area contributed by atoms with Gasteiger partial charge in [0.15, 0.2) is 5.82 Å². The molecule has 4 rings (SSSR count). The summed E-state index contributed by atoms with van der Waals surface area (Å²) in [5.74, 6) is 1.77. The van der Waals surface area contributed by atoms with Crippen LogP contribution in [0.2, 0.25) is 0 Å². The number of aromatic nitrogens is 4. The van der Waals surface area contributed by atoms with Crippen molar-refractivity contribution >= 4 is 28.5 Å². The second-order valence-corrected chi connectivity index (χ2v) is 6.22. The van der Waals surface area contributed by atoms with Gasteiger partial charge in [0, 0.05) is 12.2 Å². The first kappa shape index (κ1) is 18.6. The van der Waals surface area contributed by atoms with Gasteiger partial charge in [-0.15, -0.1) is 0 Å². The maximum atomic E-state index is 8.95. The van der Waals surface area contributed by atoms with Crippen LogP contribution in [0.3, 0.4) is 0 Å². The largest absolute Gasteiger partial charge is 0.489 e. The molecule has 8 nitrogen and oxygen atoms in total. The third-order valence-corrected chi connectivity index (χ3v) is 4.14. The monoisotopic (exact) mass is 388 g/mol. The van der Waals surface area contributed by atoms with Gasteiger partial charge in [-0.1, -0.05) is 30.3 Å². The highest BCUT2D eigenvalue weighted by Gasteiger charge is 2.08. The van der Waals surface area contributed by atoms with Crippen LogP contribution in [0.1, 0.15) is 5.56 Å². The molecule has 0 aliphatic rings. The van der Waals surface area contributed by atoms with Crippen molar-refractivity contribution in [2.75, 3.05) is 23.8 Å². The van der Waals surface area contributed by atoms with Crippen molar-refractivity contribution in [3.8, 4) is 5.75 Å². The molecule has 0 amide bonds. The Bertz CT molecular complexity index is 1070. The molecule has 4 aromatic rings. The Hall–Kier alpha value is -3.78. The minimum Gasteiger partial charge on any atom is -0.489 e. The van der Waals surface area contributed by atoms with Crippen molar-refractivity contribution in [2.45, 2.75) is 6.61 Å². The molecular weight excluding hydrogens is 368 g/mol. The van der Waals surface area contributed by atoms with E-state index >= 15 is 0 Å². The topological polar surface area (TPSA) is 105 Å². The lowest BCUT2D eigenvalue weighted by Crippen LogP contribution is -2.09. The molecule has 3 N–H and O–H groups in total. The second kappa shape index (κ2) is 8.94. The van der Waals surface area contributed by atoms with Crippen molar-refractivity contribution < 1.29 is 9.84 Å². The van der Waals surface area contributed by atoms with Crippen LogP contribution in [-0.4, -0.2) is 38.2 Å². The van der Waals surface area contributed by atoms with Gasteiger partial charge in [0.2, 0.25) is 5.95 Å². The number of ether oxygens (including phenoxy) is 1. The van der Waals surface area contributed by atoms with Gasteiger partial charge >= 0.3 is 0 Å². The summed E-state index contributed by atoms with van der Waals surface area (Å²) in [5.41, 5.74) is 3.18. The number of aliphatic hydroxyl groups excluding tert-OH is 1. The van der Waals surface area contributed by atoms with Gasteiger partial charge in [-0.25, -0.2) is 19.9 Å². The molecule has 0 unspecified atom stereocenters. The number of hydrogen-bond donors (Lipinski definition) is 3. The van der Waals surface area contributed by atoms with Gasteiger partial charge in [0.25, 0.3) is 0 Å². The fourth-order valence-electron chi connectivity index (χ4n) is 2.71. The maximum absolute atomic E-state index is 8.95. The van der Waals surface area contributed by atoms with Crippen LogP contribution in [0.4, 0.5) is 17.5 Å². The smallest absolute Gasteiger partial charge is 0.223 e. The lowest BCUT2D eigenvalue weighted by Gasteiger charge is -2.10. The number of aliphatic hydroxyl groups is 1. The number of benzene rings is 2. The molecule has 2 heterocycles. The molecule has 0 bridgehead atoms. The van der Waals surface area contributed by atoms with Gasteiger partial charge in [-0.2, -0.15) is 0 Å². The van der Waals surface area contributed by atoms with E-state index in [2.05, 4.69) is 30.6 Å². The quantitative estimate of drug-likeness (QED) is 0.423. The Kier molecular flexibility index (Phi) is 5.73. The summed E-state index contributed by atoms with van der Waals surface area (Å²) in [6, 6.07) is 17.7. The molecule has 2 aromatic carbocycles. The predicted octanol–water partition coefficient (Wildman–Crippen LogP) is 3.15. The Labute approximate surface area is 167 Å². The SMILES string of the molecule is OCCNc1ncc2ncnc(Nc3ccc(OCc4ccccc4)cc3)c2n1. The zero-order valence-electron chi connectivity index (χ0n) is 15.6. The Morgan fingerprint density at radius 3 is 2.55 bits per heavy atom. The van der Waals surface area contributed by atoms with Crippen LogP contribution >= 0.6 is 0 Å². The third kappa shape index (κ3) is 4.74. The van der Waals surface area contributed by atoms with Crippen LogP contribution in [0.5, 0.6) is 5.75 Å².